The average molecular weight is 385 g/mol. The summed E-state index contributed by atoms with van der Waals surface area (Å²) in [7, 11) is 0. The van der Waals surface area contributed by atoms with Gasteiger partial charge in [0.25, 0.3) is 0 Å². The van der Waals surface area contributed by atoms with Crippen LogP contribution in [-0.4, -0.2) is 17.3 Å². The zero-order valence-electron chi connectivity index (χ0n) is 16.9. The third-order valence-electron chi connectivity index (χ3n) is 6.60. The van der Waals surface area contributed by atoms with Gasteiger partial charge in [-0.2, -0.15) is 0 Å². The third kappa shape index (κ3) is 3.70. The maximum absolute atomic E-state index is 9.48. The van der Waals surface area contributed by atoms with Crippen molar-refractivity contribution >= 4 is 0 Å². The number of fused-ring (bicyclic) bond motifs is 1. The molecule has 2 heteroatoms. The predicted octanol–water partition coefficient (Wildman–Crippen LogP) is 5.76. The first-order valence-electron chi connectivity index (χ1n) is 10.8. The summed E-state index contributed by atoms with van der Waals surface area (Å²) in [5.41, 5.74) is 7.07. The molecule has 0 bridgehead atoms. The Morgan fingerprint density at radius 2 is 1.62 bits per heavy atom. The van der Waals surface area contributed by atoms with E-state index in [-0.39, 0.29) is 12.2 Å². The molecule has 3 aromatic rings. The van der Waals surface area contributed by atoms with Crippen LogP contribution in [0.5, 0.6) is 5.75 Å². The first-order chi connectivity index (χ1) is 14.2. The summed E-state index contributed by atoms with van der Waals surface area (Å²) in [6.07, 6.45) is 3.77. The molecule has 1 fully saturated rings. The Morgan fingerprint density at radius 3 is 2.34 bits per heavy atom. The third-order valence-corrected chi connectivity index (χ3v) is 6.60. The van der Waals surface area contributed by atoms with Crippen LogP contribution in [0.4, 0.5) is 0 Å². The molecule has 2 nitrogen and oxygen atoms in total. The zero-order valence-corrected chi connectivity index (χ0v) is 16.9. The molecule has 0 aliphatic heterocycles. The Balaban J connectivity index is 1.48. The van der Waals surface area contributed by atoms with Gasteiger partial charge in [0, 0.05) is 18.8 Å². The molecule has 29 heavy (non-hydrogen) atoms. The Kier molecular flexibility index (Phi) is 4.89. The molecule has 148 valence electrons. The van der Waals surface area contributed by atoms with Gasteiger partial charge in [-0.25, -0.2) is 0 Å². The van der Waals surface area contributed by atoms with Crippen LogP contribution in [0.15, 0.2) is 72.8 Å². The van der Waals surface area contributed by atoms with Crippen LogP contribution in [0.1, 0.15) is 58.9 Å². The molecule has 0 spiro atoms. The monoisotopic (exact) mass is 384 g/mol. The van der Waals surface area contributed by atoms with Gasteiger partial charge >= 0.3 is 0 Å². The minimum Gasteiger partial charge on any atom is -0.490 e. The predicted molar refractivity (Wildman–Crippen MR) is 117 cm³/mol. The maximum Gasteiger partial charge on any atom is 0.119 e. The fourth-order valence-corrected chi connectivity index (χ4v) is 5.00. The molecule has 0 saturated heterocycles. The topological polar surface area (TPSA) is 29.5 Å². The van der Waals surface area contributed by atoms with E-state index in [1.807, 2.05) is 0 Å². The standard InChI is InChI=1S/C27H28O2/c1-18-7-13-26-21(15-18)10-14-25(19-5-3-2-4-6-19)27(26)20-8-11-23(12-9-20)29-24-16-22(28)17-24/h2-9,11-13,15,22,24-25,27-28H,10,14,16-17H2,1H3/t22?,24?,25-,27+/m1/s1. The van der Waals surface area contributed by atoms with E-state index in [2.05, 4.69) is 79.7 Å². The lowest BCUT2D eigenvalue weighted by atomic mass is 9.69. The minimum absolute atomic E-state index is 0.159. The van der Waals surface area contributed by atoms with E-state index in [1.54, 1.807) is 0 Å². The summed E-state index contributed by atoms with van der Waals surface area (Å²) in [6, 6.07) is 26.6. The van der Waals surface area contributed by atoms with Crippen molar-refractivity contribution in [1.29, 1.82) is 0 Å². The van der Waals surface area contributed by atoms with E-state index in [0.29, 0.717) is 11.8 Å². The number of hydrogen-bond acceptors (Lipinski definition) is 2. The van der Waals surface area contributed by atoms with Gasteiger partial charge in [0.2, 0.25) is 0 Å². The van der Waals surface area contributed by atoms with Crippen LogP contribution in [0.25, 0.3) is 0 Å². The highest BCUT2D eigenvalue weighted by Crippen LogP contribution is 2.46. The van der Waals surface area contributed by atoms with Gasteiger partial charge < -0.3 is 9.84 Å². The number of ether oxygens (including phenoxy) is 1. The lowest BCUT2D eigenvalue weighted by Gasteiger charge is -2.35. The van der Waals surface area contributed by atoms with E-state index in [4.69, 9.17) is 4.74 Å². The smallest absolute Gasteiger partial charge is 0.119 e. The zero-order chi connectivity index (χ0) is 19.8. The summed E-state index contributed by atoms with van der Waals surface area (Å²) in [5, 5.41) is 9.48. The lowest BCUT2D eigenvalue weighted by Crippen LogP contribution is -2.37. The number of rotatable bonds is 4. The molecule has 0 unspecified atom stereocenters. The molecule has 2 atom stereocenters. The molecule has 0 aromatic heterocycles. The van der Waals surface area contributed by atoms with Crippen LogP contribution in [0.3, 0.4) is 0 Å². The number of benzene rings is 3. The van der Waals surface area contributed by atoms with E-state index in [0.717, 1.165) is 25.0 Å². The largest absolute Gasteiger partial charge is 0.490 e. The second-order valence-corrected chi connectivity index (χ2v) is 8.67. The molecule has 0 amide bonds. The lowest BCUT2D eigenvalue weighted by molar-refractivity contribution is -0.0107. The second-order valence-electron chi connectivity index (χ2n) is 8.67. The van der Waals surface area contributed by atoms with Crippen molar-refractivity contribution in [2.75, 3.05) is 0 Å². The highest BCUT2D eigenvalue weighted by Gasteiger charge is 2.32. The van der Waals surface area contributed by atoms with Crippen molar-refractivity contribution < 1.29 is 9.84 Å². The Hall–Kier alpha value is -2.58. The fourth-order valence-electron chi connectivity index (χ4n) is 5.00. The number of hydrogen-bond donors (Lipinski definition) is 1. The molecule has 5 rings (SSSR count). The van der Waals surface area contributed by atoms with Gasteiger partial charge in [0.05, 0.1) is 6.10 Å². The second kappa shape index (κ2) is 7.68. The van der Waals surface area contributed by atoms with Gasteiger partial charge in [-0.15, -0.1) is 0 Å². The molecular weight excluding hydrogens is 356 g/mol. The highest BCUT2D eigenvalue weighted by atomic mass is 16.5. The van der Waals surface area contributed by atoms with Crippen LogP contribution < -0.4 is 4.74 Å². The Labute approximate surface area is 173 Å². The molecule has 1 N–H and O–H groups in total. The summed E-state index contributed by atoms with van der Waals surface area (Å²) in [4.78, 5) is 0. The highest BCUT2D eigenvalue weighted by molar-refractivity contribution is 5.47. The van der Waals surface area contributed by atoms with Crippen LogP contribution >= 0.6 is 0 Å². The molecule has 1 saturated carbocycles. The van der Waals surface area contributed by atoms with Gasteiger partial charge in [-0.1, -0.05) is 66.2 Å². The van der Waals surface area contributed by atoms with Crippen molar-refractivity contribution in [3.63, 3.8) is 0 Å². The normalized spacial score (nSPS) is 25.7. The molecule has 0 heterocycles. The minimum atomic E-state index is -0.187. The molecule has 2 aliphatic carbocycles. The van der Waals surface area contributed by atoms with Crippen molar-refractivity contribution in [1.82, 2.24) is 0 Å². The quantitative estimate of drug-likeness (QED) is 0.620. The summed E-state index contributed by atoms with van der Waals surface area (Å²) >= 11 is 0. The van der Waals surface area contributed by atoms with Gasteiger partial charge in [0.1, 0.15) is 11.9 Å². The van der Waals surface area contributed by atoms with Crippen molar-refractivity contribution in [3.05, 3.63) is 101 Å². The first-order valence-corrected chi connectivity index (χ1v) is 10.8. The number of aliphatic hydroxyl groups is 1. The van der Waals surface area contributed by atoms with Crippen molar-refractivity contribution in [2.45, 2.75) is 56.7 Å². The number of aryl methyl sites for hydroxylation is 2. The number of aliphatic hydroxyl groups excluding tert-OH is 1. The van der Waals surface area contributed by atoms with Gasteiger partial charge in [0.15, 0.2) is 0 Å². The molecule has 0 radical (unpaired) electrons. The summed E-state index contributed by atoms with van der Waals surface area (Å²) < 4.78 is 6.00. The average Bonchev–Trinajstić information content (AvgIpc) is 2.73. The van der Waals surface area contributed by atoms with E-state index in [9.17, 15) is 5.11 Å². The van der Waals surface area contributed by atoms with Crippen LogP contribution in [0, 0.1) is 6.92 Å². The SMILES string of the molecule is Cc1ccc2c(c1)CC[C@H](c1ccccc1)[C@@H]2c1ccc(OC2CC(O)C2)cc1. The van der Waals surface area contributed by atoms with E-state index >= 15 is 0 Å². The van der Waals surface area contributed by atoms with Crippen LogP contribution in [0.2, 0.25) is 0 Å². The Morgan fingerprint density at radius 1 is 0.862 bits per heavy atom. The molecular formula is C27H28O2. The Bertz CT molecular complexity index is 971. The molecule has 3 aromatic carbocycles. The first kappa shape index (κ1) is 18.4. The van der Waals surface area contributed by atoms with Crippen molar-refractivity contribution in [2.24, 2.45) is 0 Å². The van der Waals surface area contributed by atoms with Gasteiger partial charge in [-0.05, 0) is 60.1 Å². The molecule has 2 aliphatic rings. The summed E-state index contributed by atoms with van der Waals surface area (Å²) in [5.74, 6) is 1.75. The van der Waals surface area contributed by atoms with Gasteiger partial charge in [-0.3, -0.25) is 0 Å². The van der Waals surface area contributed by atoms with E-state index in [1.165, 1.54) is 34.2 Å². The van der Waals surface area contributed by atoms with E-state index < -0.39 is 0 Å². The van der Waals surface area contributed by atoms with Crippen molar-refractivity contribution in [3.8, 4) is 5.75 Å². The maximum atomic E-state index is 9.48. The fraction of sp³-hybridized carbons (Fsp3) is 0.333. The summed E-state index contributed by atoms with van der Waals surface area (Å²) in [6.45, 7) is 2.18. The van der Waals surface area contributed by atoms with Crippen LogP contribution in [-0.2, 0) is 6.42 Å².